The second-order valence-corrected chi connectivity index (χ2v) is 10.5. The molecule has 6 nitrogen and oxygen atoms in total. The van der Waals surface area contributed by atoms with Crippen LogP contribution in [0.5, 0.6) is 0 Å². The summed E-state index contributed by atoms with van der Waals surface area (Å²) >= 11 is 0. The summed E-state index contributed by atoms with van der Waals surface area (Å²) in [4.78, 5) is 34.1. The first kappa shape index (κ1) is 23.5. The fourth-order valence-electron chi connectivity index (χ4n) is 5.33. The van der Waals surface area contributed by atoms with Crippen LogP contribution in [0.2, 0.25) is 0 Å². The van der Waals surface area contributed by atoms with Crippen molar-refractivity contribution in [3.8, 4) is 0 Å². The summed E-state index contributed by atoms with van der Waals surface area (Å²) in [6, 6.07) is 8.05. The number of carbonyl (C=O) groups excluding carboxylic acids is 2. The summed E-state index contributed by atoms with van der Waals surface area (Å²) in [6.07, 6.45) is 3.86. The van der Waals surface area contributed by atoms with Crippen LogP contribution in [0.3, 0.4) is 0 Å². The number of fused-ring (bicyclic) bond motifs is 1. The van der Waals surface area contributed by atoms with Gasteiger partial charge in [0.1, 0.15) is 5.82 Å². The van der Waals surface area contributed by atoms with Crippen molar-refractivity contribution in [2.24, 2.45) is 17.8 Å². The van der Waals surface area contributed by atoms with Crippen LogP contribution in [-0.2, 0) is 9.59 Å². The number of carbonyl (C=O) groups is 2. The normalized spacial score (nSPS) is 21.9. The number of amides is 2. The van der Waals surface area contributed by atoms with E-state index in [2.05, 4.69) is 44.0 Å². The van der Waals surface area contributed by atoms with Crippen LogP contribution in [0.15, 0.2) is 24.3 Å². The molecule has 0 unspecified atom stereocenters. The maximum Gasteiger partial charge on any atom is 0.224 e. The number of benzene rings is 1. The molecule has 0 radical (unpaired) electrons. The van der Waals surface area contributed by atoms with Crippen molar-refractivity contribution >= 4 is 34.2 Å². The monoisotopic (exact) mass is 450 g/mol. The molecule has 2 fully saturated rings. The molecule has 2 aromatic rings. The number of nitrogens with zero attached hydrogens (tertiary/aromatic N) is 3. The van der Waals surface area contributed by atoms with Crippen LogP contribution in [0.25, 0.3) is 10.9 Å². The molecule has 3 heterocycles. The Labute approximate surface area is 197 Å². The van der Waals surface area contributed by atoms with Crippen LogP contribution in [-0.4, -0.2) is 47.9 Å². The molecule has 178 valence electrons. The van der Waals surface area contributed by atoms with Gasteiger partial charge in [-0.1, -0.05) is 20.8 Å². The second kappa shape index (κ2) is 10.1. The Kier molecular flexibility index (Phi) is 7.20. The fraction of sp³-hybridized carbons (Fsp3) is 0.593. The molecule has 1 aromatic heterocycles. The van der Waals surface area contributed by atoms with E-state index in [4.69, 9.17) is 4.98 Å². The Morgan fingerprint density at radius 1 is 1.00 bits per heavy atom. The van der Waals surface area contributed by atoms with Crippen molar-refractivity contribution in [2.75, 3.05) is 36.4 Å². The molecule has 2 amide bonds. The van der Waals surface area contributed by atoms with Gasteiger partial charge in [0.25, 0.3) is 0 Å². The molecule has 0 saturated carbocycles. The third-order valence-electron chi connectivity index (χ3n) is 7.18. The zero-order chi connectivity index (χ0) is 23.5. The summed E-state index contributed by atoms with van der Waals surface area (Å²) in [5, 5.41) is 4.02. The lowest BCUT2D eigenvalue weighted by Gasteiger charge is -2.36. The predicted octanol–water partition coefficient (Wildman–Crippen LogP) is 5.00. The molecule has 2 atom stereocenters. The summed E-state index contributed by atoms with van der Waals surface area (Å²) in [6.45, 7) is 12.7. The van der Waals surface area contributed by atoms with Gasteiger partial charge >= 0.3 is 0 Å². The van der Waals surface area contributed by atoms with Crippen LogP contribution < -0.4 is 10.2 Å². The number of aromatic nitrogens is 1. The molecule has 1 aromatic carbocycles. The minimum Gasteiger partial charge on any atom is -0.356 e. The number of rotatable bonds is 5. The number of hydrogen-bond acceptors (Lipinski definition) is 4. The number of pyridine rings is 1. The lowest BCUT2D eigenvalue weighted by Crippen LogP contribution is -2.39. The molecule has 2 saturated heterocycles. The molecule has 6 heteroatoms. The molecule has 1 N–H and O–H groups in total. The maximum absolute atomic E-state index is 12.5. The maximum atomic E-state index is 12.5. The average molecular weight is 451 g/mol. The topological polar surface area (TPSA) is 65.5 Å². The molecule has 2 aliphatic heterocycles. The van der Waals surface area contributed by atoms with Gasteiger partial charge in [0.05, 0.1) is 5.52 Å². The third-order valence-corrected chi connectivity index (χ3v) is 7.18. The van der Waals surface area contributed by atoms with Crippen LogP contribution in [0.4, 0.5) is 11.5 Å². The number of hydrogen-bond donors (Lipinski definition) is 1. The minimum absolute atomic E-state index is 0.0875. The van der Waals surface area contributed by atoms with Gasteiger partial charge in [-0.25, -0.2) is 4.98 Å². The van der Waals surface area contributed by atoms with Crippen LogP contribution in [0.1, 0.15) is 58.4 Å². The molecule has 33 heavy (non-hydrogen) atoms. The van der Waals surface area contributed by atoms with E-state index in [0.717, 1.165) is 67.0 Å². The quantitative estimate of drug-likeness (QED) is 0.696. The lowest BCUT2D eigenvalue weighted by molar-refractivity contribution is -0.134. The largest absolute Gasteiger partial charge is 0.356 e. The highest BCUT2D eigenvalue weighted by molar-refractivity contribution is 5.96. The Balaban J connectivity index is 1.38. The van der Waals surface area contributed by atoms with E-state index in [1.807, 2.05) is 23.1 Å². The summed E-state index contributed by atoms with van der Waals surface area (Å²) < 4.78 is 0. The average Bonchev–Trinajstić information content (AvgIpc) is 2.77. The number of aryl methyl sites for hydroxylation is 1. The van der Waals surface area contributed by atoms with E-state index < -0.39 is 0 Å². The molecule has 4 rings (SSSR count). The van der Waals surface area contributed by atoms with E-state index in [1.165, 1.54) is 6.42 Å². The summed E-state index contributed by atoms with van der Waals surface area (Å²) in [7, 11) is 0. The molecular formula is C27H38N4O2. The Bertz CT molecular complexity index is 1000. The summed E-state index contributed by atoms with van der Waals surface area (Å²) in [5.41, 5.74) is 2.86. The van der Waals surface area contributed by atoms with E-state index in [0.29, 0.717) is 17.8 Å². The van der Waals surface area contributed by atoms with Gasteiger partial charge < -0.3 is 15.1 Å². The van der Waals surface area contributed by atoms with Crippen molar-refractivity contribution in [2.45, 2.75) is 59.8 Å². The number of likely N-dealkylation sites (tertiary alicyclic amines) is 1. The van der Waals surface area contributed by atoms with E-state index >= 15 is 0 Å². The molecule has 0 aliphatic carbocycles. The molecular weight excluding hydrogens is 412 g/mol. The van der Waals surface area contributed by atoms with Gasteiger partial charge in [-0.2, -0.15) is 0 Å². The molecule has 0 spiro atoms. The highest BCUT2D eigenvalue weighted by Gasteiger charge is 2.23. The Hall–Kier alpha value is -2.63. The minimum atomic E-state index is -0.119. The van der Waals surface area contributed by atoms with Crippen molar-refractivity contribution in [3.63, 3.8) is 0 Å². The number of piperidine rings is 2. The fourth-order valence-corrected chi connectivity index (χ4v) is 5.33. The van der Waals surface area contributed by atoms with Gasteiger partial charge in [0.15, 0.2) is 0 Å². The van der Waals surface area contributed by atoms with Gasteiger partial charge in [-0.3, -0.25) is 9.59 Å². The van der Waals surface area contributed by atoms with Gasteiger partial charge in [-0.05, 0) is 73.8 Å². The van der Waals surface area contributed by atoms with Crippen LogP contribution >= 0.6 is 0 Å². The van der Waals surface area contributed by atoms with Crippen LogP contribution in [0, 0.1) is 24.7 Å². The second-order valence-electron chi connectivity index (χ2n) is 10.5. The standard InChI is InChI=1S/C27H38N4O2/c1-18-9-11-30(12-10-18)27(33)8-7-26(32)28-22-5-6-24-23(15-22)21(4)14-25(29-24)31-16-19(2)13-20(3)17-31/h5-6,14-15,18-20H,7-13,16-17H2,1-4H3,(H,28,32)/t19-,20+. The molecule has 0 bridgehead atoms. The highest BCUT2D eigenvalue weighted by Crippen LogP contribution is 2.29. The number of nitrogens with one attached hydrogen (secondary N) is 1. The predicted molar refractivity (Wildman–Crippen MR) is 134 cm³/mol. The molecule has 2 aliphatic rings. The Morgan fingerprint density at radius 3 is 2.39 bits per heavy atom. The van der Waals surface area contributed by atoms with E-state index in [-0.39, 0.29) is 24.7 Å². The highest BCUT2D eigenvalue weighted by atomic mass is 16.2. The SMILES string of the molecule is Cc1cc(N2C[C@H](C)C[C@H](C)C2)nc2ccc(NC(=O)CCC(=O)N3CCC(C)CC3)cc12. The van der Waals surface area contributed by atoms with Gasteiger partial charge in [-0.15, -0.1) is 0 Å². The van der Waals surface area contributed by atoms with Gasteiger partial charge in [0.2, 0.25) is 11.8 Å². The number of anilines is 2. The first-order chi connectivity index (χ1) is 15.8. The first-order valence-electron chi connectivity index (χ1n) is 12.5. The Morgan fingerprint density at radius 2 is 1.70 bits per heavy atom. The smallest absolute Gasteiger partial charge is 0.224 e. The van der Waals surface area contributed by atoms with E-state index in [9.17, 15) is 9.59 Å². The summed E-state index contributed by atoms with van der Waals surface area (Å²) in [5.74, 6) is 3.05. The zero-order valence-electron chi connectivity index (χ0n) is 20.6. The van der Waals surface area contributed by atoms with Crippen molar-refractivity contribution < 1.29 is 9.59 Å². The van der Waals surface area contributed by atoms with Crippen molar-refractivity contribution in [1.29, 1.82) is 0 Å². The third kappa shape index (κ3) is 5.84. The first-order valence-corrected chi connectivity index (χ1v) is 12.5. The van der Waals surface area contributed by atoms with Gasteiger partial charge in [0, 0.05) is 50.1 Å². The van der Waals surface area contributed by atoms with Crippen molar-refractivity contribution in [1.82, 2.24) is 9.88 Å². The lowest BCUT2D eigenvalue weighted by atomic mass is 9.92. The van der Waals surface area contributed by atoms with Crippen molar-refractivity contribution in [3.05, 3.63) is 29.8 Å². The van der Waals surface area contributed by atoms with E-state index in [1.54, 1.807) is 0 Å². The zero-order valence-corrected chi connectivity index (χ0v) is 20.6.